The van der Waals surface area contributed by atoms with Gasteiger partial charge in [-0.2, -0.15) is 0 Å². The monoisotopic (exact) mass is 236 g/mol. The van der Waals surface area contributed by atoms with E-state index in [0.29, 0.717) is 12.0 Å². The molecule has 0 aliphatic carbocycles. The highest BCUT2D eigenvalue weighted by Crippen LogP contribution is 2.23. The first-order valence-electron chi connectivity index (χ1n) is 6.56. The summed E-state index contributed by atoms with van der Waals surface area (Å²) in [4.78, 5) is 0. The molecule has 2 fully saturated rings. The van der Waals surface area contributed by atoms with E-state index in [-0.39, 0.29) is 0 Å². The molecule has 1 N–H and O–H groups in total. The maximum absolute atomic E-state index is 5.71. The lowest BCUT2D eigenvalue weighted by atomic mass is 10.1. The summed E-state index contributed by atoms with van der Waals surface area (Å²) < 4.78 is 7.96. The van der Waals surface area contributed by atoms with Crippen molar-refractivity contribution < 1.29 is 4.74 Å². The molecule has 2 saturated heterocycles. The summed E-state index contributed by atoms with van der Waals surface area (Å²) in [6.45, 7) is 5.99. The van der Waals surface area contributed by atoms with Crippen molar-refractivity contribution in [1.29, 1.82) is 0 Å². The SMILES string of the molecule is Cc1nnc(C2CCNC2)n1CC1CCCO1. The first-order chi connectivity index (χ1) is 8.34. The second kappa shape index (κ2) is 4.74. The van der Waals surface area contributed by atoms with Crippen LogP contribution in [-0.4, -0.2) is 40.6 Å². The minimum atomic E-state index is 0.359. The molecule has 5 heteroatoms. The topological polar surface area (TPSA) is 52.0 Å². The Bertz CT molecular complexity index is 378. The highest BCUT2D eigenvalue weighted by atomic mass is 16.5. The Morgan fingerprint density at radius 3 is 3.06 bits per heavy atom. The Labute approximate surface area is 102 Å². The molecule has 0 bridgehead atoms. The van der Waals surface area contributed by atoms with Gasteiger partial charge in [-0.3, -0.25) is 0 Å². The van der Waals surface area contributed by atoms with Crippen LogP contribution in [0.25, 0.3) is 0 Å². The van der Waals surface area contributed by atoms with Gasteiger partial charge in [0.2, 0.25) is 0 Å². The van der Waals surface area contributed by atoms with Crippen LogP contribution in [0.3, 0.4) is 0 Å². The maximum Gasteiger partial charge on any atom is 0.137 e. The van der Waals surface area contributed by atoms with E-state index in [1.165, 1.54) is 19.3 Å². The number of hydrogen-bond acceptors (Lipinski definition) is 4. The van der Waals surface area contributed by atoms with E-state index in [9.17, 15) is 0 Å². The van der Waals surface area contributed by atoms with Crippen molar-refractivity contribution in [2.75, 3.05) is 19.7 Å². The molecule has 0 saturated carbocycles. The Hall–Kier alpha value is -0.940. The third-order valence-electron chi connectivity index (χ3n) is 3.80. The highest BCUT2D eigenvalue weighted by Gasteiger charge is 2.25. The summed E-state index contributed by atoms with van der Waals surface area (Å²) in [5.74, 6) is 2.68. The second-order valence-corrected chi connectivity index (χ2v) is 5.04. The molecular formula is C12H20N4O. The van der Waals surface area contributed by atoms with Gasteiger partial charge in [0.15, 0.2) is 0 Å². The van der Waals surface area contributed by atoms with Crippen molar-refractivity contribution >= 4 is 0 Å². The van der Waals surface area contributed by atoms with E-state index in [1.54, 1.807) is 0 Å². The lowest BCUT2D eigenvalue weighted by Crippen LogP contribution is -2.20. The van der Waals surface area contributed by atoms with Crippen molar-refractivity contribution in [3.8, 4) is 0 Å². The average Bonchev–Trinajstić information content (AvgIpc) is 3.03. The van der Waals surface area contributed by atoms with Gasteiger partial charge in [-0.25, -0.2) is 0 Å². The first kappa shape index (κ1) is 11.2. The van der Waals surface area contributed by atoms with E-state index in [0.717, 1.165) is 37.9 Å². The predicted molar refractivity (Wildman–Crippen MR) is 64.0 cm³/mol. The Morgan fingerprint density at radius 1 is 1.41 bits per heavy atom. The summed E-state index contributed by atoms with van der Waals surface area (Å²) in [5, 5.41) is 12.0. The molecule has 94 valence electrons. The zero-order valence-corrected chi connectivity index (χ0v) is 10.4. The van der Waals surface area contributed by atoms with Crippen molar-refractivity contribution in [3.05, 3.63) is 11.6 Å². The molecule has 2 aliphatic rings. The van der Waals surface area contributed by atoms with Crippen LogP contribution in [0.4, 0.5) is 0 Å². The summed E-state index contributed by atoms with van der Waals surface area (Å²) in [6.07, 6.45) is 3.88. The van der Waals surface area contributed by atoms with Gasteiger partial charge < -0.3 is 14.6 Å². The van der Waals surface area contributed by atoms with Crippen molar-refractivity contribution in [2.45, 2.75) is 44.8 Å². The minimum absolute atomic E-state index is 0.359. The quantitative estimate of drug-likeness (QED) is 0.845. The molecule has 0 amide bonds. The third kappa shape index (κ3) is 2.21. The Morgan fingerprint density at radius 2 is 2.35 bits per heavy atom. The van der Waals surface area contributed by atoms with Crippen molar-refractivity contribution in [2.24, 2.45) is 0 Å². The lowest BCUT2D eigenvalue weighted by molar-refractivity contribution is 0.0954. The minimum Gasteiger partial charge on any atom is -0.376 e. The van der Waals surface area contributed by atoms with Gasteiger partial charge in [0, 0.05) is 19.1 Å². The summed E-state index contributed by atoms with van der Waals surface area (Å²) in [5.41, 5.74) is 0. The van der Waals surface area contributed by atoms with E-state index < -0.39 is 0 Å². The smallest absolute Gasteiger partial charge is 0.137 e. The van der Waals surface area contributed by atoms with Gasteiger partial charge in [0.05, 0.1) is 12.6 Å². The Balaban J connectivity index is 1.78. The molecule has 2 aliphatic heterocycles. The molecule has 0 aromatic carbocycles. The fourth-order valence-corrected chi connectivity index (χ4v) is 2.79. The number of aryl methyl sites for hydroxylation is 1. The number of aromatic nitrogens is 3. The predicted octanol–water partition coefficient (Wildman–Crippen LogP) is 0.842. The molecular weight excluding hydrogens is 216 g/mol. The van der Waals surface area contributed by atoms with Crippen LogP contribution in [0.15, 0.2) is 0 Å². The molecule has 1 aromatic heterocycles. The van der Waals surface area contributed by atoms with Crippen molar-refractivity contribution in [3.63, 3.8) is 0 Å². The van der Waals surface area contributed by atoms with Gasteiger partial charge >= 0.3 is 0 Å². The van der Waals surface area contributed by atoms with E-state index in [4.69, 9.17) is 4.74 Å². The number of nitrogens with zero attached hydrogens (tertiary/aromatic N) is 3. The number of ether oxygens (including phenoxy) is 1. The third-order valence-corrected chi connectivity index (χ3v) is 3.80. The van der Waals surface area contributed by atoms with E-state index in [1.807, 2.05) is 6.92 Å². The van der Waals surface area contributed by atoms with Crippen LogP contribution in [0.5, 0.6) is 0 Å². The lowest BCUT2D eigenvalue weighted by Gasteiger charge is -2.16. The van der Waals surface area contributed by atoms with E-state index in [2.05, 4.69) is 20.1 Å². The van der Waals surface area contributed by atoms with Crippen LogP contribution in [0.2, 0.25) is 0 Å². The molecule has 5 nitrogen and oxygen atoms in total. The molecule has 3 heterocycles. The maximum atomic E-state index is 5.71. The van der Waals surface area contributed by atoms with Crippen LogP contribution < -0.4 is 5.32 Å². The Kier molecular flexibility index (Phi) is 3.11. The van der Waals surface area contributed by atoms with Crippen LogP contribution in [-0.2, 0) is 11.3 Å². The number of rotatable bonds is 3. The van der Waals surface area contributed by atoms with Crippen molar-refractivity contribution in [1.82, 2.24) is 20.1 Å². The molecule has 1 aromatic rings. The van der Waals surface area contributed by atoms with E-state index >= 15 is 0 Å². The van der Waals surface area contributed by atoms with Gasteiger partial charge in [-0.15, -0.1) is 10.2 Å². The molecule has 0 spiro atoms. The fraction of sp³-hybridized carbons (Fsp3) is 0.833. The first-order valence-corrected chi connectivity index (χ1v) is 6.56. The standard InChI is InChI=1S/C12H20N4O/c1-9-14-15-12(10-4-5-13-7-10)16(9)8-11-3-2-6-17-11/h10-11,13H,2-8H2,1H3. The number of nitrogens with one attached hydrogen (secondary N) is 1. The average molecular weight is 236 g/mol. The van der Waals surface area contributed by atoms with Gasteiger partial charge in [-0.1, -0.05) is 0 Å². The zero-order valence-electron chi connectivity index (χ0n) is 10.4. The van der Waals surface area contributed by atoms with Crippen LogP contribution >= 0.6 is 0 Å². The summed E-state index contributed by atoms with van der Waals surface area (Å²) in [6, 6.07) is 0. The highest BCUT2D eigenvalue weighted by molar-refractivity contribution is 5.04. The van der Waals surface area contributed by atoms with Gasteiger partial charge in [0.1, 0.15) is 11.6 Å². The largest absolute Gasteiger partial charge is 0.376 e. The molecule has 17 heavy (non-hydrogen) atoms. The zero-order chi connectivity index (χ0) is 11.7. The molecule has 2 unspecified atom stereocenters. The molecule has 2 atom stereocenters. The normalized spacial score (nSPS) is 29.0. The second-order valence-electron chi connectivity index (χ2n) is 5.04. The van der Waals surface area contributed by atoms with Gasteiger partial charge in [0.25, 0.3) is 0 Å². The number of hydrogen-bond donors (Lipinski definition) is 1. The molecule has 3 rings (SSSR count). The fourth-order valence-electron chi connectivity index (χ4n) is 2.79. The molecule has 0 radical (unpaired) electrons. The van der Waals surface area contributed by atoms with Gasteiger partial charge in [-0.05, 0) is 32.7 Å². The van der Waals surface area contributed by atoms with Crippen LogP contribution in [0.1, 0.15) is 36.8 Å². The summed E-state index contributed by atoms with van der Waals surface area (Å²) >= 11 is 0. The summed E-state index contributed by atoms with van der Waals surface area (Å²) in [7, 11) is 0. The van der Waals surface area contributed by atoms with Crippen LogP contribution in [0, 0.1) is 6.92 Å².